The summed E-state index contributed by atoms with van der Waals surface area (Å²) in [6, 6.07) is 0.00910. The van der Waals surface area contributed by atoms with Gasteiger partial charge in [0.15, 0.2) is 0 Å². The van der Waals surface area contributed by atoms with Crippen LogP contribution in [-0.4, -0.2) is 82.1 Å². The monoisotopic (exact) mass is 294 g/mol. The van der Waals surface area contributed by atoms with Crippen molar-refractivity contribution >= 4 is 5.91 Å². The second-order valence-electron chi connectivity index (χ2n) is 5.80. The Morgan fingerprint density at radius 2 is 2.10 bits per heavy atom. The van der Waals surface area contributed by atoms with E-state index in [4.69, 9.17) is 4.74 Å². The highest BCUT2D eigenvalue weighted by atomic mass is 16.5. The molecule has 3 rings (SSSR count). The molecule has 0 unspecified atom stereocenters. The molecule has 0 aromatic carbocycles. The Morgan fingerprint density at radius 1 is 1.38 bits per heavy atom. The molecule has 0 saturated carbocycles. The molecule has 3 heterocycles. The minimum Gasteiger partial charge on any atom is -0.390 e. The molecule has 0 radical (unpaired) electrons. The van der Waals surface area contributed by atoms with Crippen molar-refractivity contribution in [2.24, 2.45) is 7.05 Å². The predicted molar refractivity (Wildman–Crippen MR) is 76.0 cm³/mol. The van der Waals surface area contributed by atoms with Gasteiger partial charge in [0.25, 0.3) is 5.91 Å². The SMILES string of the molecule is Cc1nn(C)cc1C(=O)N1C[C@@H](O)[C@H](N2CCOCC2)C1. The second kappa shape index (κ2) is 5.75. The van der Waals surface area contributed by atoms with Gasteiger partial charge in [-0.15, -0.1) is 0 Å². The van der Waals surface area contributed by atoms with E-state index >= 15 is 0 Å². The molecule has 1 N–H and O–H groups in total. The molecule has 0 aliphatic carbocycles. The lowest BCUT2D eigenvalue weighted by Crippen LogP contribution is -2.49. The summed E-state index contributed by atoms with van der Waals surface area (Å²) in [6.45, 7) is 5.80. The van der Waals surface area contributed by atoms with Crippen LogP contribution in [0, 0.1) is 6.92 Å². The van der Waals surface area contributed by atoms with Crippen molar-refractivity contribution in [3.63, 3.8) is 0 Å². The molecule has 1 amide bonds. The summed E-state index contributed by atoms with van der Waals surface area (Å²) in [7, 11) is 1.80. The highest BCUT2D eigenvalue weighted by Gasteiger charge is 2.38. The Labute approximate surface area is 124 Å². The van der Waals surface area contributed by atoms with Crippen LogP contribution >= 0.6 is 0 Å². The number of hydrogen-bond acceptors (Lipinski definition) is 5. The van der Waals surface area contributed by atoms with Crippen LogP contribution in [0.25, 0.3) is 0 Å². The van der Waals surface area contributed by atoms with Crippen molar-refractivity contribution in [1.82, 2.24) is 19.6 Å². The fraction of sp³-hybridized carbons (Fsp3) is 0.714. The topological polar surface area (TPSA) is 70.8 Å². The van der Waals surface area contributed by atoms with Gasteiger partial charge in [0.1, 0.15) is 0 Å². The lowest BCUT2D eigenvalue weighted by molar-refractivity contribution is -0.00611. The highest BCUT2D eigenvalue weighted by molar-refractivity contribution is 5.95. The maximum absolute atomic E-state index is 12.6. The van der Waals surface area contributed by atoms with E-state index in [2.05, 4.69) is 10.00 Å². The van der Waals surface area contributed by atoms with Crippen LogP contribution in [-0.2, 0) is 11.8 Å². The lowest BCUT2D eigenvalue weighted by Gasteiger charge is -2.33. The van der Waals surface area contributed by atoms with Crippen LogP contribution in [0.1, 0.15) is 16.1 Å². The number of carbonyl (C=O) groups is 1. The molecule has 21 heavy (non-hydrogen) atoms. The van der Waals surface area contributed by atoms with Crippen LogP contribution in [0.5, 0.6) is 0 Å². The zero-order chi connectivity index (χ0) is 15.0. The predicted octanol–water partition coefficient (Wildman–Crippen LogP) is -0.754. The Bertz CT molecular complexity index is 524. The van der Waals surface area contributed by atoms with Crippen LogP contribution in [0.3, 0.4) is 0 Å². The van der Waals surface area contributed by atoms with Crippen LogP contribution in [0.4, 0.5) is 0 Å². The van der Waals surface area contributed by atoms with E-state index in [1.54, 1.807) is 22.8 Å². The number of carbonyl (C=O) groups excluding carboxylic acids is 1. The van der Waals surface area contributed by atoms with Gasteiger partial charge in [-0.25, -0.2) is 0 Å². The average molecular weight is 294 g/mol. The third kappa shape index (κ3) is 2.81. The maximum Gasteiger partial charge on any atom is 0.257 e. The van der Waals surface area contributed by atoms with E-state index in [0.717, 1.165) is 18.8 Å². The number of aliphatic hydroxyl groups is 1. The van der Waals surface area contributed by atoms with Crippen LogP contribution in [0.15, 0.2) is 6.20 Å². The summed E-state index contributed by atoms with van der Waals surface area (Å²) < 4.78 is 6.99. The molecule has 7 nitrogen and oxygen atoms in total. The number of hydrogen-bond donors (Lipinski definition) is 1. The molecule has 0 bridgehead atoms. The highest BCUT2D eigenvalue weighted by Crippen LogP contribution is 2.20. The number of aliphatic hydroxyl groups excluding tert-OH is 1. The van der Waals surface area contributed by atoms with E-state index < -0.39 is 6.10 Å². The van der Waals surface area contributed by atoms with Gasteiger partial charge in [-0.3, -0.25) is 14.4 Å². The van der Waals surface area contributed by atoms with E-state index in [1.807, 2.05) is 6.92 Å². The van der Waals surface area contributed by atoms with E-state index in [9.17, 15) is 9.90 Å². The molecular formula is C14H22N4O3. The summed E-state index contributed by atoms with van der Waals surface area (Å²) in [4.78, 5) is 16.5. The van der Waals surface area contributed by atoms with E-state index in [0.29, 0.717) is 31.9 Å². The van der Waals surface area contributed by atoms with Gasteiger partial charge >= 0.3 is 0 Å². The molecule has 1 aromatic rings. The van der Waals surface area contributed by atoms with Crippen molar-refractivity contribution in [2.45, 2.75) is 19.1 Å². The molecule has 116 valence electrons. The number of aryl methyl sites for hydroxylation is 2. The first kappa shape index (κ1) is 14.5. The molecular weight excluding hydrogens is 272 g/mol. The summed E-state index contributed by atoms with van der Waals surface area (Å²) in [5.41, 5.74) is 1.35. The molecule has 2 aliphatic heterocycles. The minimum absolute atomic E-state index is 0.00910. The molecule has 2 atom stereocenters. The number of β-amino-alcohol motifs (C(OH)–C–C–N with tert-alkyl or cyclic N) is 1. The third-order valence-electron chi connectivity index (χ3n) is 4.30. The lowest BCUT2D eigenvalue weighted by atomic mass is 10.1. The number of amides is 1. The van der Waals surface area contributed by atoms with Crippen molar-refractivity contribution in [3.05, 3.63) is 17.5 Å². The van der Waals surface area contributed by atoms with Gasteiger partial charge in [-0.05, 0) is 6.92 Å². The first-order valence-electron chi connectivity index (χ1n) is 7.35. The largest absolute Gasteiger partial charge is 0.390 e. The first-order chi connectivity index (χ1) is 10.1. The average Bonchev–Trinajstić information content (AvgIpc) is 3.02. The third-order valence-corrected chi connectivity index (χ3v) is 4.30. The van der Waals surface area contributed by atoms with E-state index in [-0.39, 0.29) is 11.9 Å². The molecule has 2 saturated heterocycles. The van der Waals surface area contributed by atoms with Crippen molar-refractivity contribution in [2.75, 3.05) is 39.4 Å². The number of rotatable bonds is 2. The van der Waals surface area contributed by atoms with Gasteiger partial charge in [0, 0.05) is 39.4 Å². The number of likely N-dealkylation sites (tertiary alicyclic amines) is 1. The Morgan fingerprint density at radius 3 is 2.71 bits per heavy atom. The number of aromatic nitrogens is 2. The molecule has 0 spiro atoms. The Hall–Kier alpha value is -1.44. The summed E-state index contributed by atoms with van der Waals surface area (Å²) in [6.07, 6.45) is 1.25. The number of morpholine rings is 1. The van der Waals surface area contributed by atoms with Crippen molar-refractivity contribution in [1.29, 1.82) is 0 Å². The molecule has 7 heteroatoms. The van der Waals surface area contributed by atoms with E-state index in [1.165, 1.54) is 0 Å². The van der Waals surface area contributed by atoms with Gasteiger partial charge in [-0.2, -0.15) is 5.10 Å². The molecule has 1 aromatic heterocycles. The molecule has 2 fully saturated rings. The number of nitrogens with zero attached hydrogens (tertiary/aromatic N) is 4. The van der Waals surface area contributed by atoms with Crippen molar-refractivity contribution < 1.29 is 14.6 Å². The van der Waals surface area contributed by atoms with Gasteiger partial charge < -0.3 is 14.7 Å². The zero-order valence-electron chi connectivity index (χ0n) is 12.5. The summed E-state index contributed by atoms with van der Waals surface area (Å²) in [5, 5.41) is 14.5. The van der Waals surface area contributed by atoms with Gasteiger partial charge in [-0.1, -0.05) is 0 Å². The van der Waals surface area contributed by atoms with Crippen molar-refractivity contribution in [3.8, 4) is 0 Å². The zero-order valence-corrected chi connectivity index (χ0v) is 12.5. The maximum atomic E-state index is 12.6. The Balaban J connectivity index is 1.70. The van der Waals surface area contributed by atoms with Crippen LogP contribution in [0.2, 0.25) is 0 Å². The smallest absolute Gasteiger partial charge is 0.257 e. The normalized spacial score (nSPS) is 27.3. The minimum atomic E-state index is -0.496. The first-order valence-corrected chi connectivity index (χ1v) is 7.35. The fourth-order valence-electron chi connectivity index (χ4n) is 3.18. The van der Waals surface area contributed by atoms with Gasteiger partial charge in [0.05, 0.1) is 36.6 Å². The van der Waals surface area contributed by atoms with Gasteiger partial charge in [0.2, 0.25) is 0 Å². The molecule has 2 aliphatic rings. The fourth-order valence-corrected chi connectivity index (χ4v) is 3.18. The Kier molecular flexibility index (Phi) is 3.97. The summed E-state index contributed by atoms with van der Waals surface area (Å²) >= 11 is 0. The quantitative estimate of drug-likeness (QED) is 0.777. The summed E-state index contributed by atoms with van der Waals surface area (Å²) in [5.74, 6) is -0.0459. The number of ether oxygens (including phenoxy) is 1. The second-order valence-corrected chi connectivity index (χ2v) is 5.80. The van der Waals surface area contributed by atoms with Crippen LogP contribution < -0.4 is 0 Å². The standard InChI is InChI=1S/C14H22N4O3/c1-10-11(7-16(2)15-10)14(20)18-8-12(13(19)9-18)17-3-5-21-6-4-17/h7,12-13,19H,3-6,8-9H2,1-2H3/t12-,13-/m1/s1.